The van der Waals surface area contributed by atoms with E-state index < -0.39 is 10.0 Å². The third kappa shape index (κ3) is 2.98. The molecule has 1 aromatic carbocycles. The zero-order valence-corrected chi connectivity index (χ0v) is 13.1. The molecule has 0 unspecified atom stereocenters. The lowest BCUT2D eigenvalue weighted by molar-refractivity contribution is 0.282. The summed E-state index contributed by atoms with van der Waals surface area (Å²) in [5.74, 6) is 0. The van der Waals surface area contributed by atoms with E-state index in [2.05, 4.69) is 16.4 Å². The Balaban J connectivity index is 1.71. The molecular weight excluding hydrogens is 298 g/mol. The highest BCUT2D eigenvalue weighted by Crippen LogP contribution is 2.31. The number of nitrogens with zero attached hydrogens (tertiary/aromatic N) is 2. The van der Waals surface area contributed by atoms with Crippen molar-refractivity contribution in [2.24, 2.45) is 0 Å². The molecule has 1 saturated carbocycles. The van der Waals surface area contributed by atoms with Gasteiger partial charge < -0.3 is 0 Å². The Morgan fingerprint density at radius 2 is 2.00 bits per heavy atom. The first kappa shape index (κ1) is 15.0. The molecule has 0 aliphatic heterocycles. The van der Waals surface area contributed by atoms with E-state index in [1.807, 2.05) is 10.7 Å². The van der Waals surface area contributed by atoms with Crippen molar-refractivity contribution in [3.63, 3.8) is 0 Å². The average Bonchev–Trinajstić information content (AvgIpc) is 2.92. The van der Waals surface area contributed by atoms with Gasteiger partial charge in [0.25, 0.3) is 0 Å². The van der Waals surface area contributed by atoms with Crippen molar-refractivity contribution in [2.45, 2.75) is 36.7 Å². The summed E-state index contributed by atoms with van der Waals surface area (Å²) in [7, 11) is -3.52. The first-order chi connectivity index (χ1) is 10.6. The number of nitrogens with one attached hydrogen (secondary N) is 1. The summed E-state index contributed by atoms with van der Waals surface area (Å²) in [6, 6.07) is 8.93. The molecule has 6 heteroatoms. The second-order valence-electron chi connectivity index (χ2n) is 5.45. The maximum atomic E-state index is 12.3. The van der Waals surface area contributed by atoms with Gasteiger partial charge in [0.05, 0.1) is 23.2 Å². The van der Waals surface area contributed by atoms with Gasteiger partial charge in [-0.1, -0.05) is 24.8 Å². The number of sulfonamides is 1. The normalized spacial score (nSPS) is 15.5. The van der Waals surface area contributed by atoms with Gasteiger partial charge in [0.15, 0.2) is 0 Å². The molecule has 1 fully saturated rings. The van der Waals surface area contributed by atoms with Crippen LogP contribution in [-0.4, -0.2) is 18.2 Å². The summed E-state index contributed by atoms with van der Waals surface area (Å²) in [6.45, 7) is 3.91. The van der Waals surface area contributed by atoms with Crippen molar-refractivity contribution in [2.75, 3.05) is 0 Å². The van der Waals surface area contributed by atoms with E-state index >= 15 is 0 Å². The molecule has 0 saturated heterocycles. The Hall–Kier alpha value is -1.92. The van der Waals surface area contributed by atoms with E-state index in [0.29, 0.717) is 6.04 Å². The maximum Gasteiger partial charge on any atom is 0.240 e. The Kier molecular flexibility index (Phi) is 4.13. The van der Waals surface area contributed by atoms with Crippen LogP contribution in [0.3, 0.4) is 0 Å². The fraction of sp³-hybridized carbons (Fsp3) is 0.312. The molecule has 1 aliphatic rings. The Bertz CT molecular complexity index is 759. The van der Waals surface area contributed by atoms with Gasteiger partial charge in [-0.3, -0.25) is 4.68 Å². The smallest absolute Gasteiger partial charge is 0.240 e. The van der Waals surface area contributed by atoms with Gasteiger partial charge in [-0.15, -0.1) is 0 Å². The quantitative estimate of drug-likeness (QED) is 0.891. The van der Waals surface area contributed by atoms with Crippen molar-refractivity contribution in [1.29, 1.82) is 0 Å². The number of hydrogen-bond acceptors (Lipinski definition) is 3. The fourth-order valence-corrected chi connectivity index (χ4v) is 3.48. The second-order valence-corrected chi connectivity index (χ2v) is 7.22. The molecule has 5 nitrogen and oxygen atoms in total. The van der Waals surface area contributed by atoms with Gasteiger partial charge in [-0.25, -0.2) is 13.1 Å². The third-order valence-corrected chi connectivity index (χ3v) is 5.46. The minimum absolute atomic E-state index is 0.252. The van der Waals surface area contributed by atoms with E-state index in [0.717, 1.165) is 24.1 Å². The van der Waals surface area contributed by atoms with Crippen molar-refractivity contribution in [3.8, 4) is 0 Å². The highest BCUT2D eigenvalue weighted by molar-refractivity contribution is 7.89. The van der Waals surface area contributed by atoms with Crippen LogP contribution in [0.2, 0.25) is 0 Å². The van der Waals surface area contributed by atoms with Crippen LogP contribution in [0.1, 0.15) is 36.6 Å². The molecule has 0 bridgehead atoms. The monoisotopic (exact) mass is 317 g/mol. The lowest BCUT2D eigenvalue weighted by Gasteiger charge is -2.27. The zero-order valence-electron chi connectivity index (χ0n) is 12.3. The minimum Gasteiger partial charge on any atom is -0.265 e. The van der Waals surface area contributed by atoms with Gasteiger partial charge >= 0.3 is 0 Å². The highest BCUT2D eigenvalue weighted by atomic mass is 32.2. The number of aromatic nitrogens is 2. The Morgan fingerprint density at radius 3 is 2.59 bits per heavy atom. The Morgan fingerprint density at radius 1 is 1.27 bits per heavy atom. The van der Waals surface area contributed by atoms with Gasteiger partial charge in [-0.2, -0.15) is 5.10 Å². The molecule has 1 aromatic heterocycles. The van der Waals surface area contributed by atoms with Gasteiger partial charge in [0.2, 0.25) is 10.0 Å². The highest BCUT2D eigenvalue weighted by Gasteiger charge is 2.22. The van der Waals surface area contributed by atoms with E-state index in [-0.39, 0.29) is 11.4 Å². The van der Waals surface area contributed by atoms with Crippen molar-refractivity contribution < 1.29 is 8.42 Å². The van der Waals surface area contributed by atoms with E-state index in [9.17, 15) is 8.42 Å². The predicted molar refractivity (Wildman–Crippen MR) is 85.7 cm³/mol. The lowest BCUT2D eigenvalue weighted by Crippen LogP contribution is -2.27. The van der Waals surface area contributed by atoms with Gasteiger partial charge in [0.1, 0.15) is 0 Å². The second kappa shape index (κ2) is 6.06. The van der Waals surface area contributed by atoms with Crippen LogP contribution in [0, 0.1) is 0 Å². The van der Waals surface area contributed by atoms with Gasteiger partial charge in [-0.05, 0) is 43.0 Å². The lowest BCUT2D eigenvalue weighted by atomic mass is 9.93. The summed E-state index contributed by atoms with van der Waals surface area (Å²) in [5.41, 5.74) is 1.79. The minimum atomic E-state index is -3.52. The van der Waals surface area contributed by atoms with Crippen molar-refractivity contribution in [1.82, 2.24) is 14.5 Å². The first-order valence-corrected chi connectivity index (χ1v) is 8.83. The molecule has 0 radical (unpaired) electrons. The molecular formula is C16H19N3O2S. The molecule has 1 N–H and O–H groups in total. The molecule has 0 amide bonds. The van der Waals surface area contributed by atoms with Crippen LogP contribution in [0.15, 0.2) is 48.0 Å². The molecule has 1 aliphatic carbocycles. The molecule has 3 rings (SSSR count). The zero-order chi connectivity index (χ0) is 15.6. The number of benzene rings is 1. The van der Waals surface area contributed by atoms with Crippen LogP contribution >= 0.6 is 0 Å². The summed E-state index contributed by atoms with van der Waals surface area (Å²) in [5, 5.41) is 4.31. The maximum absolute atomic E-state index is 12.3. The molecule has 0 atom stereocenters. The van der Waals surface area contributed by atoms with E-state index in [1.165, 1.54) is 6.42 Å². The molecule has 22 heavy (non-hydrogen) atoms. The van der Waals surface area contributed by atoms with Crippen molar-refractivity contribution >= 4 is 16.1 Å². The standard InChI is InChI=1S/C16H19N3O2S/c1-2-13-6-8-16(9-7-13)22(20,21)18-12-15-10-11-17-19(15)14-4-3-5-14/h2,6-11,14,18H,1,3-5,12H2. The van der Waals surface area contributed by atoms with E-state index in [1.54, 1.807) is 36.5 Å². The topological polar surface area (TPSA) is 64.0 Å². The Labute approximate surface area is 130 Å². The SMILES string of the molecule is C=Cc1ccc(S(=O)(=O)NCc2ccnn2C2CCC2)cc1. The van der Waals surface area contributed by atoms with Crippen LogP contribution in [0.25, 0.3) is 6.08 Å². The van der Waals surface area contributed by atoms with Crippen LogP contribution in [-0.2, 0) is 16.6 Å². The first-order valence-electron chi connectivity index (χ1n) is 7.35. The summed E-state index contributed by atoms with van der Waals surface area (Å²) in [4.78, 5) is 0.257. The third-order valence-electron chi connectivity index (χ3n) is 4.04. The number of rotatable bonds is 6. The van der Waals surface area contributed by atoms with Gasteiger partial charge in [0, 0.05) is 6.20 Å². The average molecular weight is 317 g/mol. The summed E-state index contributed by atoms with van der Waals surface area (Å²) >= 11 is 0. The largest absolute Gasteiger partial charge is 0.265 e. The van der Waals surface area contributed by atoms with Crippen molar-refractivity contribution in [3.05, 3.63) is 54.4 Å². The summed E-state index contributed by atoms with van der Waals surface area (Å²) in [6.07, 6.45) is 6.85. The fourth-order valence-electron chi connectivity index (χ4n) is 2.48. The summed E-state index contributed by atoms with van der Waals surface area (Å²) < 4.78 is 29.2. The molecule has 1 heterocycles. The molecule has 0 spiro atoms. The molecule has 2 aromatic rings. The number of hydrogen-bond donors (Lipinski definition) is 1. The van der Waals surface area contributed by atoms with E-state index in [4.69, 9.17) is 0 Å². The predicted octanol–water partition coefficient (Wildman–Crippen LogP) is 2.73. The van der Waals surface area contributed by atoms with Crippen LogP contribution in [0.5, 0.6) is 0 Å². The molecule has 116 valence electrons. The van der Waals surface area contributed by atoms with Crippen LogP contribution < -0.4 is 4.72 Å². The van der Waals surface area contributed by atoms with Crippen LogP contribution in [0.4, 0.5) is 0 Å².